The third kappa shape index (κ3) is 3.99. The topological polar surface area (TPSA) is 37.4 Å². The van der Waals surface area contributed by atoms with Crippen LogP contribution >= 0.6 is 15.9 Å². The fourth-order valence-electron chi connectivity index (χ4n) is 2.38. The highest BCUT2D eigenvalue weighted by molar-refractivity contribution is 9.10. The molecule has 1 aromatic rings. The molecule has 2 aliphatic rings. The van der Waals surface area contributed by atoms with E-state index in [9.17, 15) is 0 Å². The number of rotatable bonds is 5. The van der Waals surface area contributed by atoms with E-state index in [1.807, 2.05) is 6.20 Å². The minimum atomic E-state index is 0.472. The molecule has 1 aliphatic carbocycles. The number of morpholine rings is 1. The number of hydrogen-bond acceptors (Lipinski definition) is 4. The fourth-order valence-corrected chi connectivity index (χ4v) is 2.62. The van der Waals surface area contributed by atoms with Gasteiger partial charge in [-0.25, -0.2) is 0 Å². The molecule has 3 rings (SSSR count). The van der Waals surface area contributed by atoms with E-state index in [0.717, 1.165) is 49.1 Å². The van der Waals surface area contributed by atoms with Gasteiger partial charge >= 0.3 is 0 Å². The fraction of sp³-hybridized carbons (Fsp3) is 0.643. The molecule has 104 valence electrons. The summed E-state index contributed by atoms with van der Waals surface area (Å²) in [5.74, 6) is 0. The largest absolute Gasteiger partial charge is 0.378 e. The Balaban J connectivity index is 1.57. The Labute approximate surface area is 122 Å². The van der Waals surface area contributed by atoms with E-state index in [4.69, 9.17) is 4.74 Å². The Kier molecular flexibility index (Phi) is 4.48. The van der Waals surface area contributed by atoms with E-state index in [2.05, 4.69) is 43.3 Å². The Bertz CT molecular complexity index is 408. The van der Waals surface area contributed by atoms with Crippen molar-refractivity contribution in [2.75, 3.05) is 26.3 Å². The minimum Gasteiger partial charge on any atom is -0.378 e. The maximum Gasteiger partial charge on any atom is 0.0635 e. The maximum absolute atomic E-state index is 5.61. The van der Waals surface area contributed by atoms with Gasteiger partial charge in [-0.2, -0.15) is 0 Å². The standard InChI is InChI=1S/C14H20BrN3O/c15-11-1-2-13(16-7-11)9-18-5-6-19-10-14(18)8-17-12-3-4-12/h1-2,7,12,14,17H,3-6,8-10H2. The quantitative estimate of drug-likeness (QED) is 0.895. The van der Waals surface area contributed by atoms with Crippen molar-refractivity contribution < 1.29 is 4.74 Å². The third-order valence-corrected chi connectivity index (χ3v) is 4.19. The van der Waals surface area contributed by atoms with Crippen molar-refractivity contribution in [1.29, 1.82) is 0 Å². The number of pyridine rings is 1. The van der Waals surface area contributed by atoms with Crippen LogP contribution in [-0.4, -0.2) is 48.3 Å². The molecule has 0 bridgehead atoms. The summed E-state index contributed by atoms with van der Waals surface area (Å²) in [7, 11) is 0. The van der Waals surface area contributed by atoms with Gasteiger partial charge in [0.25, 0.3) is 0 Å². The summed E-state index contributed by atoms with van der Waals surface area (Å²) in [4.78, 5) is 6.95. The van der Waals surface area contributed by atoms with Crippen LogP contribution in [0.4, 0.5) is 0 Å². The lowest BCUT2D eigenvalue weighted by Crippen LogP contribution is -2.50. The van der Waals surface area contributed by atoms with Gasteiger partial charge in [-0.05, 0) is 40.9 Å². The van der Waals surface area contributed by atoms with Gasteiger partial charge in [0.15, 0.2) is 0 Å². The Morgan fingerprint density at radius 1 is 1.42 bits per heavy atom. The molecule has 1 aliphatic heterocycles. The van der Waals surface area contributed by atoms with Crippen LogP contribution in [-0.2, 0) is 11.3 Å². The number of nitrogens with one attached hydrogen (secondary N) is 1. The number of ether oxygens (including phenoxy) is 1. The summed E-state index contributed by atoms with van der Waals surface area (Å²) in [6.07, 6.45) is 4.54. The molecule has 1 N–H and O–H groups in total. The molecule has 1 atom stereocenters. The first kappa shape index (κ1) is 13.5. The number of halogens is 1. The Morgan fingerprint density at radius 3 is 3.05 bits per heavy atom. The molecule has 4 nitrogen and oxygen atoms in total. The molecule has 2 fully saturated rings. The lowest BCUT2D eigenvalue weighted by molar-refractivity contribution is -0.0115. The molecule has 19 heavy (non-hydrogen) atoms. The summed E-state index contributed by atoms with van der Waals surface area (Å²) in [6.45, 7) is 4.59. The van der Waals surface area contributed by atoms with Gasteiger partial charge in [-0.1, -0.05) is 0 Å². The summed E-state index contributed by atoms with van der Waals surface area (Å²) in [5, 5.41) is 3.60. The maximum atomic E-state index is 5.61. The molecule has 2 heterocycles. The van der Waals surface area contributed by atoms with Crippen molar-refractivity contribution in [2.24, 2.45) is 0 Å². The van der Waals surface area contributed by atoms with Crippen LogP contribution in [0.25, 0.3) is 0 Å². The van der Waals surface area contributed by atoms with E-state index in [1.165, 1.54) is 12.8 Å². The van der Waals surface area contributed by atoms with Gasteiger partial charge in [-0.15, -0.1) is 0 Å². The highest BCUT2D eigenvalue weighted by Gasteiger charge is 2.27. The van der Waals surface area contributed by atoms with Crippen molar-refractivity contribution in [3.8, 4) is 0 Å². The van der Waals surface area contributed by atoms with E-state index >= 15 is 0 Å². The molecule has 5 heteroatoms. The summed E-state index contributed by atoms with van der Waals surface area (Å²) in [6, 6.07) is 5.37. The van der Waals surface area contributed by atoms with Crippen molar-refractivity contribution in [2.45, 2.75) is 31.5 Å². The average molecular weight is 326 g/mol. The molecular formula is C14H20BrN3O. The molecule has 1 saturated heterocycles. The van der Waals surface area contributed by atoms with Crippen LogP contribution in [0, 0.1) is 0 Å². The molecule has 0 spiro atoms. The Morgan fingerprint density at radius 2 is 2.32 bits per heavy atom. The van der Waals surface area contributed by atoms with Crippen LogP contribution in [0.5, 0.6) is 0 Å². The zero-order valence-electron chi connectivity index (χ0n) is 11.0. The number of hydrogen-bond donors (Lipinski definition) is 1. The van der Waals surface area contributed by atoms with E-state index in [-0.39, 0.29) is 0 Å². The first-order valence-corrected chi connectivity index (χ1v) is 7.76. The van der Waals surface area contributed by atoms with Gasteiger partial charge < -0.3 is 10.1 Å². The summed E-state index contributed by atoms with van der Waals surface area (Å²) >= 11 is 3.42. The smallest absolute Gasteiger partial charge is 0.0635 e. The van der Waals surface area contributed by atoms with Crippen LogP contribution in [0.15, 0.2) is 22.8 Å². The van der Waals surface area contributed by atoms with Crippen LogP contribution < -0.4 is 5.32 Å². The number of aromatic nitrogens is 1. The highest BCUT2D eigenvalue weighted by atomic mass is 79.9. The molecular weight excluding hydrogens is 306 g/mol. The Hall–Kier alpha value is -0.490. The molecule has 0 radical (unpaired) electrons. The number of nitrogens with zero attached hydrogens (tertiary/aromatic N) is 2. The van der Waals surface area contributed by atoms with Gasteiger partial charge in [0.2, 0.25) is 0 Å². The van der Waals surface area contributed by atoms with Crippen LogP contribution in [0.1, 0.15) is 18.5 Å². The van der Waals surface area contributed by atoms with E-state index in [1.54, 1.807) is 0 Å². The predicted octanol–water partition coefficient (Wildman–Crippen LogP) is 1.80. The van der Waals surface area contributed by atoms with Crippen molar-refractivity contribution in [3.05, 3.63) is 28.5 Å². The molecule has 1 aromatic heterocycles. The zero-order chi connectivity index (χ0) is 13.1. The van der Waals surface area contributed by atoms with Gasteiger partial charge in [0, 0.05) is 42.4 Å². The second-order valence-corrected chi connectivity index (χ2v) is 6.27. The first-order valence-electron chi connectivity index (χ1n) is 6.97. The average Bonchev–Trinajstić information content (AvgIpc) is 3.25. The van der Waals surface area contributed by atoms with E-state index in [0.29, 0.717) is 6.04 Å². The second kappa shape index (κ2) is 6.31. The lowest BCUT2D eigenvalue weighted by Gasteiger charge is -2.35. The SMILES string of the molecule is Brc1ccc(CN2CCOCC2CNC2CC2)nc1. The lowest BCUT2D eigenvalue weighted by atomic mass is 10.2. The minimum absolute atomic E-state index is 0.472. The molecule has 1 saturated carbocycles. The normalized spacial score (nSPS) is 24.6. The zero-order valence-corrected chi connectivity index (χ0v) is 12.6. The molecule has 1 unspecified atom stereocenters. The first-order chi connectivity index (χ1) is 9.31. The highest BCUT2D eigenvalue weighted by Crippen LogP contribution is 2.19. The van der Waals surface area contributed by atoms with E-state index < -0.39 is 0 Å². The summed E-state index contributed by atoms with van der Waals surface area (Å²) in [5.41, 5.74) is 1.13. The molecule has 0 aromatic carbocycles. The van der Waals surface area contributed by atoms with Crippen LogP contribution in [0.3, 0.4) is 0 Å². The second-order valence-electron chi connectivity index (χ2n) is 5.35. The van der Waals surface area contributed by atoms with Crippen molar-refractivity contribution in [1.82, 2.24) is 15.2 Å². The van der Waals surface area contributed by atoms with Crippen LogP contribution in [0.2, 0.25) is 0 Å². The van der Waals surface area contributed by atoms with Gasteiger partial charge in [-0.3, -0.25) is 9.88 Å². The van der Waals surface area contributed by atoms with Crippen molar-refractivity contribution >= 4 is 15.9 Å². The third-order valence-electron chi connectivity index (χ3n) is 3.72. The molecule has 0 amide bonds. The van der Waals surface area contributed by atoms with Gasteiger partial charge in [0.05, 0.1) is 18.9 Å². The monoisotopic (exact) mass is 325 g/mol. The van der Waals surface area contributed by atoms with Gasteiger partial charge in [0.1, 0.15) is 0 Å². The summed E-state index contributed by atoms with van der Waals surface area (Å²) < 4.78 is 6.64. The predicted molar refractivity (Wildman–Crippen MR) is 78.0 cm³/mol. The van der Waals surface area contributed by atoms with Crippen molar-refractivity contribution in [3.63, 3.8) is 0 Å².